The van der Waals surface area contributed by atoms with Crippen molar-refractivity contribution in [3.05, 3.63) is 64.2 Å². The maximum Gasteiger partial charge on any atom is 0.261 e. The lowest BCUT2D eigenvalue weighted by Gasteiger charge is -2.23. The number of aryl methyl sites for hydroxylation is 4. The van der Waals surface area contributed by atoms with Crippen LogP contribution < -0.4 is 10.1 Å². The van der Waals surface area contributed by atoms with E-state index in [2.05, 4.69) is 56.4 Å². The summed E-state index contributed by atoms with van der Waals surface area (Å²) in [6.07, 6.45) is 5.09. The summed E-state index contributed by atoms with van der Waals surface area (Å²) >= 11 is 0. The molecule has 0 fully saturated rings. The van der Waals surface area contributed by atoms with Crippen LogP contribution in [0.4, 0.5) is 0 Å². The van der Waals surface area contributed by atoms with Crippen LogP contribution in [0.15, 0.2) is 36.4 Å². The fourth-order valence-corrected chi connectivity index (χ4v) is 3.95. The van der Waals surface area contributed by atoms with Crippen molar-refractivity contribution < 1.29 is 9.53 Å². The number of rotatable bonds is 6. The molecule has 0 saturated heterocycles. The predicted octanol–water partition coefficient (Wildman–Crippen LogP) is 5.22. The van der Waals surface area contributed by atoms with Crippen molar-refractivity contribution in [2.45, 2.75) is 71.9 Å². The number of carbonyl (C=O) groups excluding carboxylic acids is 1. The monoisotopic (exact) mass is 365 g/mol. The number of carbonyl (C=O) groups is 1. The average molecular weight is 366 g/mol. The quantitative estimate of drug-likeness (QED) is 0.762. The Morgan fingerprint density at radius 3 is 2.52 bits per heavy atom. The summed E-state index contributed by atoms with van der Waals surface area (Å²) < 4.78 is 5.96. The molecule has 0 aromatic heterocycles. The van der Waals surface area contributed by atoms with Gasteiger partial charge >= 0.3 is 0 Å². The van der Waals surface area contributed by atoms with Gasteiger partial charge in [-0.05, 0) is 87.3 Å². The molecule has 2 aromatic rings. The second kappa shape index (κ2) is 8.60. The zero-order valence-electron chi connectivity index (χ0n) is 17.0. The number of ether oxygens (including phenoxy) is 1. The second-order valence-corrected chi connectivity index (χ2v) is 7.73. The Balaban J connectivity index is 1.65. The Morgan fingerprint density at radius 1 is 1.07 bits per heavy atom. The first kappa shape index (κ1) is 19.5. The Kier molecular flexibility index (Phi) is 6.20. The molecule has 1 aliphatic carbocycles. The van der Waals surface area contributed by atoms with Crippen LogP contribution in [0.2, 0.25) is 0 Å². The van der Waals surface area contributed by atoms with Crippen LogP contribution in [-0.2, 0) is 17.6 Å². The Hall–Kier alpha value is -2.29. The first-order valence-electron chi connectivity index (χ1n) is 10.1. The SMILES string of the molecule is CC[C@H](NC(=O)[C@@H](C)Oc1ccc2c(c1)CCCC2)c1ccc(C)cc1C. The van der Waals surface area contributed by atoms with Crippen LogP contribution in [0.3, 0.4) is 0 Å². The van der Waals surface area contributed by atoms with Crippen LogP contribution >= 0.6 is 0 Å². The molecule has 2 aromatic carbocycles. The highest BCUT2D eigenvalue weighted by Crippen LogP contribution is 2.26. The molecule has 0 bridgehead atoms. The molecule has 1 N–H and O–H groups in total. The lowest BCUT2D eigenvalue weighted by Crippen LogP contribution is -2.38. The predicted molar refractivity (Wildman–Crippen MR) is 110 cm³/mol. The minimum Gasteiger partial charge on any atom is -0.481 e. The summed E-state index contributed by atoms with van der Waals surface area (Å²) in [6.45, 7) is 8.11. The van der Waals surface area contributed by atoms with E-state index in [4.69, 9.17) is 4.74 Å². The van der Waals surface area contributed by atoms with Crippen molar-refractivity contribution in [1.29, 1.82) is 0 Å². The molecule has 0 heterocycles. The number of nitrogens with one attached hydrogen (secondary N) is 1. The highest BCUT2D eigenvalue weighted by molar-refractivity contribution is 5.81. The third-order valence-electron chi connectivity index (χ3n) is 5.53. The Labute approximate surface area is 163 Å². The summed E-state index contributed by atoms with van der Waals surface area (Å²) in [6, 6.07) is 12.6. The highest BCUT2D eigenvalue weighted by atomic mass is 16.5. The molecular weight excluding hydrogens is 334 g/mol. The summed E-state index contributed by atoms with van der Waals surface area (Å²) in [4.78, 5) is 12.7. The molecule has 144 valence electrons. The smallest absolute Gasteiger partial charge is 0.261 e. The largest absolute Gasteiger partial charge is 0.481 e. The molecule has 0 aliphatic heterocycles. The fraction of sp³-hybridized carbons (Fsp3) is 0.458. The topological polar surface area (TPSA) is 38.3 Å². The molecule has 0 saturated carbocycles. The van der Waals surface area contributed by atoms with E-state index in [1.807, 2.05) is 13.0 Å². The minimum absolute atomic E-state index is 0.00711. The van der Waals surface area contributed by atoms with Gasteiger partial charge < -0.3 is 10.1 Å². The number of amides is 1. The third kappa shape index (κ3) is 4.71. The van der Waals surface area contributed by atoms with Gasteiger partial charge in [-0.3, -0.25) is 4.79 Å². The first-order chi connectivity index (χ1) is 13.0. The maximum atomic E-state index is 12.7. The molecule has 3 nitrogen and oxygen atoms in total. The second-order valence-electron chi connectivity index (χ2n) is 7.73. The van der Waals surface area contributed by atoms with Crippen molar-refractivity contribution in [1.82, 2.24) is 5.32 Å². The van der Waals surface area contributed by atoms with Crippen molar-refractivity contribution in [3.63, 3.8) is 0 Å². The van der Waals surface area contributed by atoms with Crippen LogP contribution in [0.5, 0.6) is 5.75 Å². The van der Waals surface area contributed by atoms with E-state index >= 15 is 0 Å². The number of benzene rings is 2. The van der Waals surface area contributed by atoms with Crippen LogP contribution in [0.1, 0.15) is 67.0 Å². The van der Waals surface area contributed by atoms with Gasteiger partial charge in [-0.15, -0.1) is 0 Å². The van der Waals surface area contributed by atoms with E-state index in [1.165, 1.54) is 40.7 Å². The number of fused-ring (bicyclic) bond motifs is 1. The van der Waals surface area contributed by atoms with Gasteiger partial charge in [-0.1, -0.05) is 36.8 Å². The first-order valence-corrected chi connectivity index (χ1v) is 10.1. The number of hydrogen-bond acceptors (Lipinski definition) is 2. The number of hydrogen-bond donors (Lipinski definition) is 1. The summed E-state index contributed by atoms with van der Waals surface area (Å²) in [7, 11) is 0. The van der Waals surface area contributed by atoms with Crippen molar-refractivity contribution in [3.8, 4) is 5.75 Å². The van der Waals surface area contributed by atoms with E-state index in [1.54, 1.807) is 0 Å². The summed E-state index contributed by atoms with van der Waals surface area (Å²) in [5, 5.41) is 3.16. The van der Waals surface area contributed by atoms with Crippen LogP contribution in [0.25, 0.3) is 0 Å². The standard InChI is InChI=1S/C24H31NO2/c1-5-23(22-13-10-16(2)14-17(22)3)25-24(26)18(4)27-21-12-11-19-8-6-7-9-20(19)15-21/h10-15,18,23H,5-9H2,1-4H3,(H,25,26)/t18-,23+/m1/s1. The molecule has 2 atom stereocenters. The molecule has 27 heavy (non-hydrogen) atoms. The van der Waals surface area contributed by atoms with E-state index in [0.29, 0.717) is 0 Å². The lowest BCUT2D eigenvalue weighted by atomic mass is 9.92. The van der Waals surface area contributed by atoms with Crippen LogP contribution in [0, 0.1) is 13.8 Å². The fourth-order valence-electron chi connectivity index (χ4n) is 3.95. The third-order valence-corrected chi connectivity index (χ3v) is 5.53. The maximum absolute atomic E-state index is 12.7. The molecule has 0 unspecified atom stereocenters. The van der Waals surface area contributed by atoms with Gasteiger partial charge in [0.25, 0.3) is 5.91 Å². The van der Waals surface area contributed by atoms with Crippen molar-refractivity contribution in [2.75, 3.05) is 0 Å². The van der Waals surface area contributed by atoms with Crippen molar-refractivity contribution in [2.24, 2.45) is 0 Å². The summed E-state index contributed by atoms with van der Waals surface area (Å²) in [5.41, 5.74) is 6.42. The van der Waals surface area contributed by atoms with E-state index in [-0.39, 0.29) is 11.9 Å². The van der Waals surface area contributed by atoms with Gasteiger partial charge in [0, 0.05) is 0 Å². The lowest BCUT2D eigenvalue weighted by molar-refractivity contribution is -0.128. The van der Waals surface area contributed by atoms with E-state index in [0.717, 1.165) is 25.0 Å². The molecule has 1 aliphatic rings. The molecule has 3 heteroatoms. The Bertz CT molecular complexity index is 812. The normalized spacial score (nSPS) is 15.6. The highest BCUT2D eigenvalue weighted by Gasteiger charge is 2.21. The minimum atomic E-state index is -0.522. The average Bonchev–Trinajstić information content (AvgIpc) is 2.66. The molecule has 1 amide bonds. The zero-order chi connectivity index (χ0) is 19.4. The van der Waals surface area contributed by atoms with Crippen LogP contribution in [-0.4, -0.2) is 12.0 Å². The van der Waals surface area contributed by atoms with Gasteiger partial charge in [-0.2, -0.15) is 0 Å². The zero-order valence-corrected chi connectivity index (χ0v) is 17.0. The van der Waals surface area contributed by atoms with E-state index < -0.39 is 6.10 Å². The van der Waals surface area contributed by atoms with Crippen molar-refractivity contribution >= 4 is 5.91 Å². The van der Waals surface area contributed by atoms with Gasteiger partial charge in [-0.25, -0.2) is 0 Å². The van der Waals surface area contributed by atoms with Gasteiger partial charge in [0.15, 0.2) is 6.10 Å². The van der Waals surface area contributed by atoms with Gasteiger partial charge in [0.1, 0.15) is 5.75 Å². The molecular formula is C24H31NO2. The van der Waals surface area contributed by atoms with Gasteiger partial charge in [0.05, 0.1) is 6.04 Å². The van der Waals surface area contributed by atoms with E-state index in [9.17, 15) is 4.79 Å². The Morgan fingerprint density at radius 2 is 1.81 bits per heavy atom. The summed E-state index contributed by atoms with van der Waals surface area (Å²) in [5.74, 6) is 0.720. The molecule has 0 spiro atoms. The molecule has 3 rings (SSSR count). The molecule has 0 radical (unpaired) electrons. The van der Waals surface area contributed by atoms with Gasteiger partial charge in [0.2, 0.25) is 0 Å².